The minimum Gasteiger partial charge on any atom is -0.204 e. The molecule has 1 aromatic carbocycles. The lowest BCUT2D eigenvalue weighted by Gasteiger charge is -2.38. The normalized spacial score (nSPS) is 34.5. The Bertz CT molecular complexity index is 659. The van der Waals surface area contributed by atoms with Crippen LogP contribution in [0, 0.1) is 41.2 Å². The molecule has 3 aliphatic rings. The van der Waals surface area contributed by atoms with E-state index in [1.165, 1.54) is 102 Å². The van der Waals surface area contributed by atoms with Gasteiger partial charge in [-0.2, -0.15) is 0 Å². The lowest BCUT2D eigenvalue weighted by Crippen LogP contribution is -2.26. The van der Waals surface area contributed by atoms with Crippen molar-refractivity contribution in [2.75, 3.05) is 0 Å². The predicted molar refractivity (Wildman–Crippen MR) is 126 cm³/mol. The van der Waals surface area contributed by atoms with Crippen LogP contribution in [0.25, 0.3) is 0 Å². The molecule has 4 rings (SSSR count). The van der Waals surface area contributed by atoms with Gasteiger partial charge in [-0.1, -0.05) is 64.4 Å². The number of rotatable bonds is 7. The Morgan fingerprint density at radius 2 is 1.10 bits per heavy atom. The van der Waals surface area contributed by atoms with Crippen LogP contribution in [0.3, 0.4) is 0 Å². The van der Waals surface area contributed by atoms with E-state index in [4.69, 9.17) is 0 Å². The lowest BCUT2D eigenvalue weighted by molar-refractivity contribution is 0.137. The van der Waals surface area contributed by atoms with Crippen molar-refractivity contribution >= 4 is 0 Å². The molecule has 0 saturated heterocycles. The van der Waals surface area contributed by atoms with Crippen LogP contribution in [0.15, 0.2) is 18.2 Å². The van der Waals surface area contributed by atoms with E-state index in [1.54, 1.807) is 6.07 Å². The predicted octanol–water partition coefficient (Wildman–Crippen LogP) is 9.43. The third-order valence-electron chi connectivity index (χ3n) is 9.39. The summed E-state index contributed by atoms with van der Waals surface area (Å²) in [6.07, 6.45) is 22.4. The Hall–Kier alpha value is -0.920. The van der Waals surface area contributed by atoms with Crippen molar-refractivity contribution < 1.29 is 8.78 Å². The Kier molecular flexibility index (Phi) is 8.46. The van der Waals surface area contributed by atoms with Gasteiger partial charge < -0.3 is 0 Å². The van der Waals surface area contributed by atoms with Gasteiger partial charge >= 0.3 is 0 Å². The van der Waals surface area contributed by atoms with Crippen LogP contribution in [0.4, 0.5) is 8.78 Å². The third-order valence-corrected chi connectivity index (χ3v) is 9.39. The van der Waals surface area contributed by atoms with Gasteiger partial charge in [-0.05, 0) is 105 Å². The molecule has 0 amide bonds. The van der Waals surface area contributed by atoms with Crippen molar-refractivity contribution in [3.05, 3.63) is 35.4 Å². The van der Waals surface area contributed by atoms with Crippen molar-refractivity contribution in [3.63, 3.8) is 0 Å². The lowest BCUT2D eigenvalue weighted by atomic mass is 9.68. The highest BCUT2D eigenvalue weighted by Gasteiger charge is 2.31. The number of halogens is 2. The molecule has 0 nitrogen and oxygen atoms in total. The van der Waals surface area contributed by atoms with E-state index in [0.717, 1.165) is 48.0 Å². The van der Waals surface area contributed by atoms with Gasteiger partial charge in [0.1, 0.15) is 0 Å². The maximum Gasteiger partial charge on any atom is 0.159 e. The molecule has 0 aliphatic heterocycles. The molecule has 2 heteroatoms. The summed E-state index contributed by atoms with van der Waals surface area (Å²) >= 11 is 0. The summed E-state index contributed by atoms with van der Waals surface area (Å²) in [7, 11) is 0. The summed E-state index contributed by atoms with van der Waals surface area (Å²) in [5.41, 5.74) is 0.999. The van der Waals surface area contributed by atoms with E-state index < -0.39 is 11.6 Å². The van der Waals surface area contributed by atoms with Gasteiger partial charge in [0.2, 0.25) is 0 Å². The topological polar surface area (TPSA) is 0 Å². The van der Waals surface area contributed by atoms with Gasteiger partial charge in [-0.15, -0.1) is 0 Å². The van der Waals surface area contributed by atoms with Gasteiger partial charge in [-0.25, -0.2) is 8.78 Å². The quantitative estimate of drug-likeness (QED) is 0.404. The van der Waals surface area contributed by atoms with Crippen molar-refractivity contribution in [1.82, 2.24) is 0 Å². The second kappa shape index (κ2) is 11.3. The molecule has 31 heavy (non-hydrogen) atoms. The summed E-state index contributed by atoms with van der Waals surface area (Å²) in [5.74, 6) is 3.94. The summed E-state index contributed by atoms with van der Waals surface area (Å²) in [6, 6.07) is 4.51. The molecule has 0 atom stereocenters. The molecule has 3 aliphatic carbocycles. The maximum absolute atomic E-state index is 13.6. The van der Waals surface area contributed by atoms with Crippen molar-refractivity contribution in [2.24, 2.45) is 29.6 Å². The summed E-state index contributed by atoms with van der Waals surface area (Å²) in [5, 5.41) is 0. The van der Waals surface area contributed by atoms with Gasteiger partial charge in [0.05, 0.1) is 0 Å². The molecular formula is C29H44F2. The van der Waals surface area contributed by atoms with Gasteiger partial charge in [0.25, 0.3) is 0 Å². The third kappa shape index (κ3) is 6.32. The minimum atomic E-state index is -0.726. The van der Waals surface area contributed by atoms with Crippen LogP contribution >= 0.6 is 0 Å². The second-order valence-electron chi connectivity index (χ2n) is 11.3. The van der Waals surface area contributed by atoms with E-state index in [9.17, 15) is 8.78 Å². The maximum atomic E-state index is 13.6. The first-order chi connectivity index (χ1) is 15.1. The van der Waals surface area contributed by atoms with Gasteiger partial charge in [0, 0.05) is 0 Å². The largest absolute Gasteiger partial charge is 0.204 e. The molecule has 174 valence electrons. The first-order valence-electron chi connectivity index (χ1n) is 13.6. The average molecular weight is 431 g/mol. The first kappa shape index (κ1) is 23.2. The molecule has 0 N–H and O–H groups in total. The van der Waals surface area contributed by atoms with E-state index in [0.29, 0.717) is 5.92 Å². The Labute approximate surface area is 189 Å². The van der Waals surface area contributed by atoms with Crippen LogP contribution in [-0.4, -0.2) is 0 Å². The zero-order valence-corrected chi connectivity index (χ0v) is 19.8. The second-order valence-corrected chi connectivity index (χ2v) is 11.3. The highest BCUT2D eigenvalue weighted by atomic mass is 19.2. The van der Waals surface area contributed by atoms with Crippen molar-refractivity contribution in [2.45, 2.75) is 116 Å². The SMILES string of the molecule is CCCC1CCC(C2CCC(CCC3CCC(c4ccc(F)c(F)c4)CC3)CC2)CC1. The Morgan fingerprint density at radius 1 is 0.613 bits per heavy atom. The van der Waals surface area contributed by atoms with Gasteiger partial charge in [-0.3, -0.25) is 0 Å². The monoisotopic (exact) mass is 430 g/mol. The first-order valence-corrected chi connectivity index (χ1v) is 13.6. The Balaban J connectivity index is 1.12. The van der Waals surface area contributed by atoms with Crippen molar-refractivity contribution in [1.29, 1.82) is 0 Å². The zero-order chi connectivity index (χ0) is 21.6. The van der Waals surface area contributed by atoms with Crippen LogP contribution in [-0.2, 0) is 0 Å². The smallest absolute Gasteiger partial charge is 0.159 e. The summed E-state index contributed by atoms with van der Waals surface area (Å²) in [6.45, 7) is 2.34. The standard InChI is InChI=1S/C29H44F2/c1-2-3-21-6-12-24(13-7-21)25-14-8-22(9-15-25)4-5-23-10-16-26(17-11-23)27-18-19-28(30)29(31)20-27/h18-26H,2-17H2,1H3. The number of benzene rings is 1. The van der Waals surface area contributed by atoms with Crippen LogP contribution in [0.2, 0.25) is 0 Å². The zero-order valence-electron chi connectivity index (χ0n) is 19.8. The van der Waals surface area contributed by atoms with E-state index in [-0.39, 0.29) is 0 Å². The molecule has 0 heterocycles. The van der Waals surface area contributed by atoms with Crippen LogP contribution in [0.5, 0.6) is 0 Å². The average Bonchev–Trinajstić information content (AvgIpc) is 2.81. The molecule has 0 aromatic heterocycles. The molecular weight excluding hydrogens is 386 g/mol. The van der Waals surface area contributed by atoms with E-state index in [2.05, 4.69) is 6.92 Å². The van der Waals surface area contributed by atoms with E-state index in [1.807, 2.05) is 0 Å². The molecule has 0 bridgehead atoms. The molecule has 0 radical (unpaired) electrons. The number of hydrogen-bond acceptors (Lipinski definition) is 0. The summed E-state index contributed by atoms with van der Waals surface area (Å²) < 4.78 is 26.8. The van der Waals surface area contributed by atoms with Crippen LogP contribution < -0.4 is 0 Å². The molecule has 0 spiro atoms. The van der Waals surface area contributed by atoms with Gasteiger partial charge in [0.15, 0.2) is 11.6 Å². The highest BCUT2D eigenvalue weighted by Crippen LogP contribution is 2.44. The van der Waals surface area contributed by atoms with E-state index >= 15 is 0 Å². The molecule has 1 aromatic rings. The fourth-order valence-electron chi connectivity index (χ4n) is 7.33. The highest BCUT2D eigenvalue weighted by molar-refractivity contribution is 5.22. The molecule has 3 saturated carbocycles. The number of hydrogen-bond donors (Lipinski definition) is 0. The van der Waals surface area contributed by atoms with Crippen molar-refractivity contribution in [3.8, 4) is 0 Å². The summed E-state index contributed by atoms with van der Waals surface area (Å²) in [4.78, 5) is 0. The van der Waals surface area contributed by atoms with Crippen LogP contribution in [0.1, 0.15) is 121 Å². The fraction of sp³-hybridized carbons (Fsp3) is 0.793. The minimum absolute atomic E-state index is 0.425. The molecule has 3 fully saturated rings. The Morgan fingerprint density at radius 3 is 1.58 bits per heavy atom. The molecule has 0 unspecified atom stereocenters. The fourth-order valence-corrected chi connectivity index (χ4v) is 7.33.